The maximum Gasteiger partial charge on any atom is 0.312 e. The van der Waals surface area contributed by atoms with E-state index in [0.717, 1.165) is 6.54 Å². The maximum absolute atomic E-state index is 14.9. The first-order valence-electron chi connectivity index (χ1n) is 24.4. The molecular formula is C52H74N6O12. The molecule has 0 aliphatic carbocycles. The molecule has 4 bridgehead atoms. The van der Waals surface area contributed by atoms with Crippen LogP contribution in [0.5, 0.6) is 17.2 Å². The second-order valence-corrected chi connectivity index (χ2v) is 20.5. The number of ether oxygens (including phenoxy) is 4. The molecule has 70 heavy (non-hydrogen) atoms. The molecule has 2 aromatic carbocycles. The summed E-state index contributed by atoms with van der Waals surface area (Å²) in [5, 5.41) is 53.6. The van der Waals surface area contributed by atoms with Crippen LogP contribution in [0, 0.1) is 36.5 Å². The fourth-order valence-corrected chi connectivity index (χ4v) is 9.94. The normalized spacial score (nSPS) is 30.0. The summed E-state index contributed by atoms with van der Waals surface area (Å²) in [5.74, 6) is -7.41. The summed E-state index contributed by atoms with van der Waals surface area (Å²) >= 11 is 0. The highest BCUT2D eigenvalue weighted by Gasteiger charge is 2.50. The first kappa shape index (κ1) is 53.9. The number of amides is 2. The molecule has 4 heterocycles. The number of likely N-dealkylation sites (tertiary alicyclic amines) is 1. The number of Topliss-reactive ketones (excluding diaryl/α,β-unsaturated/α-hetero) is 1. The fourth-order valence-electron chi connectivity index (χ4n) is 9.94. The smallest absolute Gasteiger partial charge is 0.312 e. The zero-order valence-corrected chi connectivity index (χ0v) is 42.8. The molecule has 0 unspecified atom stereocenters. The molecule has 0 saturated carbocycles. The Morgan fingerprint density at radius 3 is 2.27 bits per heavy atom. The van der Waals surface area contributed by atoms with Gasteiger partial charge in [-0.25, -0.2) is 0 Å². The minimum atomic E-state index is -2.01. The largest absolute Gasteiger partial charge is 0.507 e. The van der Waals surface area contributed by atoms with Crippen LogP contribution in [0.2, 0.25) is 0 Å². The van der Waals surface area contributed by atoms with Crippen LogP contribution >= 0.6 is 0 Å². The summed E-state index contributed by atoms with van der Waals surface area (Å²) < 4.78 is 24.5. The second-order valence-electron chi connectivity index (χ2n) is 20.5. The molecule has 1 fully saturated rings. The molecule has 384 valence electrons. The number of allylic oxidation sites excluding steroid dienone is 2. The molecule has 1 saturated heterocycles. The number of hydrogen-bond donors (Lipinski definition) is 6. The minimum absolute atomic E-state index is 0.0118. The Bertz CT molecular complexity index is 2550. The van der Waals surface area contributed by atoms with Gasteiger partial charge >= 0.3 is 11.8 Å². The van der Waals surface area contributed by atoms with E-state index in [0.29, 0.717) is 44.9 Å². The van der Waals surface area contributed by atoms with Gasteiger partial charge in [0.25, 0.3) is 11.7 Å². The van der Waals surface area contributed by atoms with Gasteiger partial charge in [0.2, 0.25) is 5.91 Å². The van der Waals surface area contributed by atoms with Crippen molar-refractivity contribution in [1.29, 1.82) is 0 Å². The van der Waals surface area contributed by atoms with E-state index in [9.17, 15) is 39.6 Å². The number of nitrogens with zero attached hydrogens (tertiary/aromatic N) is 4. The van der Waals surface area contributed by atoms with E-state index < -0.39 is 88.7 Å². The number of ketones is 1. The number of aliphatic hydroxyl groups is 2. The number of rotatable bonds is 10. The highest BCUT2D eigenvalue weighted by atomic mass is 16.7. The molecule has 4 aliphatic heterocycles. The molecule has 0 aromatic heterocycles. The van der Waals surface area contributed by atoms with Crippen molar-refractivity contribution in [3.63, 3.8) is 0 Å². The van der Waals surface area contributed by atoms with Gasteiger partial charge in [0.15, 0.2) is 11.4 Å². The van der Waals surface area contributed by atoms with E-state index in [1.807, 2.05) is 19.0 Å². The number of methoxy groups -OCH3 is 1. The van der Waals surface area contributed by atoms with Crippen molar-refractivity contribution in [2.75, 3.05) is 59.2 Å². The number of nitrogens with one attached hydrogen (secondary N) is 2. The van der Waals surface area contributed by atoms with Gasteiger partial charge in [-0.3, -0.25) is 29.2 Å². The number of fused-ring (bicyclic) bond motifs is 1. The van der Waals surface area contributed by atoms with Gasteiger partial charge in [-0.05, 0) is 39.9 Å². The minimum Gasteiger partial charge on any atom is -0.507 e. The van der Waals surface area contributed by atoms with Crippen LogP contribution in [-0.2, 0) is 28.6 Å². The third-order valence-electron chi connectivity index (χ3n) is 14.3. The van der Waals surface area contributed by atoms with Crippen molar-refractivity contribution in [1.82, 2.24) is 15.1 Å². The number of phenols is 2. The third-order valence-corrected chi connectivity index (χ3v) is 14.3. The van der Waals surface area contributed by atoms with E-state index in [4.69, 9.17) is 28.9 Å². The Morgan fingerprint density at radius 1 is 0.957 bits per heavy atom. The van der Waals surface area contributed by atoms with Gasteiger partial charge in [0, 0.05) is 106 Å². The topological polar surface area (TPSA) is 241 Å². The average molecular weight is 975 g/mol. The van der Waals surface area contributed by atoms with Gasteiger partial charge in [-0.1, -0.05) is 59.8 Å². The van der Waals surface area contributed by atoms with E-state index in [-0.39, 0.29) is 68.4 Å². The summed E-state index contributed by atoms with van der Waals surface area (Å²) in [7, 11) is 5.21. The van der Waals surface area contributed by atoms with E-state index in [1.54, 1.807) is 59.8 Å². The van der Waals surface area contributed by atoms with Gasteiger partial charge < -0.3 is 59.8 Å². The molecule has 2 amide bonds. The Hall–Kier alpha value is -5.40. The molecule has 6 rings (SSSR count). The molecule has 6 N–H and O–H groups in total. The van der Waals surface area contributed by atoms with Crippen molar-refractivity contribution < 1.29 is 58.6 Å². The molecule has 1 spiro atoms. The van der Waals surface area contributed by atoms with Crippen molar-refractivity contribution in [2.24, 2.45) is 39.6 Å². The van der Waals surface area contributed by atoms with Crippen LogP contribution in [0.15, 0.2) is 46.1 Å². The summed E-state index contributed by atoms with van der Waals surface area (Å²) in [6.07, 6.45) is 4.16. The Balaban J connectivity index is 1.44. The van der Waals surface area contributed by atoms with Crippen molar-refractivity contribution >= 4 is 40.0 Å². The van der Waals surface area contributed by atoms with Gasteiger partial charge in [0.05, 0.1) is 47.3 Å². The lowest BCUT2D eigenvalue weighted by Crippen LogP contribution is -2.46. The number of aromatic hydroxyl groups is 2. The standard InChI is InChI=1S/C52H74N6O12/c1-27(2)26-58-22-19-52(20-23-58)55-40-37-38-45(63)33(8)48-39(37)49(65)51(9,70-48)68-25-18-34(67-12)30(5)47(69-36(60)17-16-35(59)53-21-24-57(10)11)32(7)44(62)31(6)43(61)28(3)14-13-15-29(4)50(66)54-42(46(38)64)41(40)56-52/h13-15,18,25,27-28,30-32,34,43-44,47,61-64H,16-17,19-24,26H2,1-12H3,(H,53,59)(H,54,66)/b14-13+,25-18+,29-15-/t28-,30+,31+,32+,34-,43-,44+,47+,51-/m0/s1. The SMILES string of the molecule is CO[C@H]1/C=C/O[C@@]2(C)Oc3c(C)c(O)c4c(O)c(c5c(c4c3C2=O)=NC2(CCN(CC(C)C)CC2)N=5)NC(=O)/C(C)=C\C=C\[C@H](C)[C@H](O)[C@@H](C)[C@@H](O)[C@@H](C)[C@H](OC(=O)CCC(=O)NCCN(C)C)[C@@H]1C. The molecule has 9 atom stereocenters. The summed E-state index contributed by atoms with van der Waals surface area (Å²) in [6.45, 7) is 19.1. The van der Waals surface area contributed by atoms with Crippen LogP contribution in [0.25, 0.3) is 10.8 Å². The fraction of sp³-hybridized carbons (Fsp3) is 0.615. The molecule has 4 aliphatic rings. The zero-order chi connectivity index (χ0) is 51.6. The van der Waals surface area contributed by atoms with Crippen molar-refractivity contribution in [3.8, 4) is 17.2 Å². The molecular weight excluding hydrogens is 901 g/mol. The highest BCUT2D eigenvalue weighted by molar-refractivity contribution is 6.19. The Morgan fingerprint density at radius 2 is 1.63 bits per heavy atom. The van der Waals surface area contributed by atoms with E-state index >= 15 is 0 Å². The van der Waals surface area contributed by atoms with E-state index in [1.165, 1.54) is 26.4 Å². The second kappa shape index (κ2) is 21.9. The van der Waals surface area contributed by atoms with Gasteiger partial charge in [-0.15, -0.1) is 0 Å². The Labute approximate surface area is 410 Å². The third kappa shape index (κ3) is 11.2. The maximum atomic E-state index is 14.9. The molecule has 0 radical (unpaired) electrons. The number of benzene rings is 2. The molecule has 18 nitrogen and oxygen atoms in total. The van der Waals surface area contributed by atoms with Crippen LogP contribution in [0.1, 0.15) is 97.0 Å². The lowest BCUT2D eigenvalue weighted by atomic mass is 9.78. The Kier molecular flexibility index (Phi) is 16.9. The van der Waals surface area contributed by atoms with Crippen molar-refractivity contribution in [3.05, 3.63) is 58.0 Å². The lowest BCUT2D eigenvalue weighted by molar-refractivity contribution is -0.164. The first-order chi connectivity index (χ1) is 32.9. The quantitative estimate of drug-likeness (QED) is 0.145. The van der Waals surface area contributed by atoms with Gasteiger partial charge in [-0.2, -0.15) is 0 Å². The number of anilines is 1. The summed E-state index contributed by atoms with van der Waals surface area (Å²) in [6, 6.07) is 0. The average Bonchev–Trinajstić information content (AvgIpc) is 3.81. The zero-order valence-electron chi connectivity index (χ0n) is 42.8. The number of carbonyl (C=O) groups excluding carboxylic acids is 4. The highest BCUT2D eigenvalue weighted by Crippen LogP contribution is 2.50. The monoisotopic (exact) mass is 975 g/mol. The number of piperidine rings is 1. The number of likely N-dealkylation sites (N-methyl/N-ethyl adjacent to an activating group) is 1. The van der Waals surface area contributed by atoms with E-state index in [2.05, 4.69) is 29.4 Å². The number of carbonyl (C=O) groups is 4. The van der Waals surface area contributed by atoms with Crippen LogP contribution in [0.3, 0.4) is 0 Å². The lowest BCUT2D eigenvalue weighted by Gasteiger charge is -2.38. The first-order valence-corrected chi connectivity index (χ1v) is 24.4. The number of aliphatic hydroxyl groups excluding tert-OH is 2. The number of hydrogen-bond acceptors (Lipinski definition) is 16. The van der Waals surface area contributed by atoms with Crippen LogP contribution in [0.4, 0.5) is 5.69 Å². The molecule has 18 heteroatoms. The van der Waals surface area contributed by atoms with Crippen LogP contribution < -0.4 is 26.1 Å². The van der Waals surface area contributed by atoms with Crippen LogP contribution in [-0.4, -0.2) is 144 Å². The molecule has 2 aromatic rings. The van der Waals surface area contributed by atoms with Crippen molar-refractivity contribution in [2.45, 2.75) is 124 Å². The predicted octanol–water partition coefficient (Wildman–Crippen LogP) is 4.19. The summed E-state index contributed by atoms with van der Waals surface area (Å²) in [5.41, 5.74) is -0.681. The predicted molar refractivity (Wildman–Crippen MR) is 263 cm³/mol. The number of phenolic OH excluding ortho intramolecular Hbond substituents is 2. The number of esters is 1. The van der Waals surface area contributed by atoms with Gasteiger partial charge in [0.1, 0.15) is 28.6 Å². The summed E-state index contributed by atoms with van der Waals surface area (Å²) in [4.78, 5) is 69.6.